The van der Waals surface area contributed by atoms with Crippen molar-refractivity contribution in [1.82, 2.24) is 42.5 Å². The third-order valence-electron chi connectivity index (χ3n) is 10.4. The first kappa shape index (κ1) is 60.1. The fourth-order valence-corrected chi connectivity index (χ4v) is 6.33. The summed E-state index contributed by atoms with van der Waals surface area (Å²) < 4.78 is 0. The summed E-state index contributed by atoms with van der Waals surface area (Å²) in [5.41, 5.74) is 11.6. The second-order valence-electron chi connectivity index (χ2n) is 17.1. The highest BCUT2D eigenvalue weighted by molar-refractivity contribution is 5.99. The van der Waals surface area contributed by atoms with Gasteiger partial charge in [-0.2, -0.15) is 0 Å². The van der Waals surface area contributed by atoms with Crippen molar-refractivity contribution < 1.29 is 78.3 Å². The van der Waals surface area contributed by atoms with Gasteiger partial charge in [0.1, 0.15) is 54.1 Å². The summed E-state index contributed by atoms with van der Waals surface area (Å²) in [7, 11) is 0. The SMILES string of the molecule is CC(C)[C@H](NC(=O)[C@@H](NC(=O)[C@@H](NC(=O)[C@H](C)NC(=O)[C@H](Cc1ccc(O)cc1)NC(=O)[C@H](CCCCN)NC(=O)[C@H](CC(=O)O)NC(=O)[C@H](C)NC(=O)[C@@H](N)CC(=O)O)C(C)C)[C@@H](C)O)C(=O)O. The second-order valence-corrected chi connectivity index (χ2v) is 17.1. The Hall–Kier alpha value is -6.93. The van der Waals surface area contributed by atoms with Gasteiger partial charge in [0.05, 0.1) is 25.0 Å². The lowest BCUT2D eigenvalue weighted by Crippen LogP contribution is -2.62. The minimum Gasteiger partial charge on any atom is -0.508 e. The van der Waals surface area contributed by atoms with Crippen molar-refractivity contribution in [2.45, 2.75) is 147 Å². The number of hydrogen-bond acceptors (Lipinski definition) is 15. The van der Waals surface area contributed by atoms with E-state index in [1.54, 1.807) is 27.7 Å². The number of carboxylic acids is 3. The van der Waals surface area contributed by atoms with Crippen LogP contribution in [0.3, 0.4) is 0 Å². The Morgan fingerprint density at radius 2 is 0.942 bits per heavy atom. The predicted octanol–water partition coefficient (Wildman–Crippen LogP) is -3.96. The van der Waals surface area contributed by atoms with Crippen molar-refractivity contribution in [3.8, 4) is 5.75 Å². The molecule has 10 atom stereocenters. The molecule has 26 nitrogen and oxygen atoms in total. The molecule has 0 unspecified atom stereocenters. The summed E-state index contributed by atoms with van der Waals surface area (Å²) in [6.45, 7) is 9.97. The minimum atomic E-state index is -1.83. The van der Waals surface area contributed by atoms with Crippen LogP contribution >= 0.6 is 0 Å². The first-order valence-electron chi connectivity index (χ1n) is 22.1. The van der Waals surface area contributed by atoms with Gasteiger partial charge in [0.25, 0.3) is 0 Å². The summed E-state index contributed by atoms with van der Waals surface area (Å²) >= 11 is 0. The van der Waals surface area contributed by atoms with Gasteiger partial charge in [0, 0.05) is 6.42 Å². The zero-order valence-electron chi connectivity index (χ0n) is 39.6. The molecule has 0 heterocycles. The van der Waals surface area contributed by atoms with E-state index in [1.807, 2.05) is 0 Å². The summed E-state index contributed by atoms with van der Waals surface area (Å²) in [5.74, 6) is -13.6. The van der Waals surface area contributed by atoms with Gasteiger partial charge in [-0.15, -0.1) is 0 Å². The molecule has 69 heavy (non-hydrogen) atoms. The van der Waals surface area contributed by atoms with Crippen LogP contribution in [-0.4, -0.2) is 158 Å². The number of carbonyl (C=O) groups is 11. The fourth-order valence-electron chi connectivity index (χ4n) is 6.33. The number of phenolic OH excluding ortho intramolecular Hbond substituents is 1. The van der Waals surface area contributed by atoms with E-state index in [-0.39, 0.29) is 31.6 Å². The fraction of sp³-hybridized carbons (Fsp3) is 0.605. The van der Waals surface area contributed by atoms with Crippen LogP contribution in [-0.2, 0) is 59.2 Å². The maximum Gasteiger partial charge on any atom is 0.326 e. The quantitative estimate of drug-likeness (QED) is 0.0327. The minimum absolute atomic E-state index is 0.114. The summed E-state index contributed by atoms with van der Waals surface area (Å²) in [6.07, 6.45) is -3.06. The van der Waals surface area contributed by atoms with Crippen LogP contribution in [0.4, 0.5) is 0 Å². The highest BCUT2D eigenvalue weighted by Gasteiger charge is 2.36. The zero-order valence-corrected chi connectivity index (χ0v) is 39.6. The van der Waals surface area contributed by atoms with Gasteiger partial charge in [-0.05, 0) is 76.1 Å². The highest BCUT2D eigenvalue weighted by Crippen LogP contribution is 2.13. The first-order chi connectivity index (χ1) is 32.1. The summed E-state index contributed by atoms with van der Waals surface area (Å²) in [5, 5.41) is 67.0. The largest absolute Gasteiger partial charge is 0.508 e. The number of aliphatic hydroxyl groups is 1. The van der Waals surface area contributed by atoms with Gasteiger partial charge >= 0.3 is 17.9 Å². The molecule has 386 valence electrons. The zero-order chi connectivity index (χ0) is 52.9. The van der Waals surface area contributed by atoms with Crippen molar-refractivity contribution in [3.63, 3.8) is 0 Å². The molecular weight excluding hydrogens is 913 g/mol. The maximum absolute atomic E-state index is 14.0. The molecule has 0 spiro atoms. The van der Waals surface area contributed by atoms with Gasteiger partial charge in [-0.3, -0.25) is 47.9 Å². The van der Waals surface area contributed by atoms with E-state index in [2.05, 4.69) is 42.5 Å². The van der Waals surface area contributed by atoms with Gasteiger partial charge in [-0.1, -0.05) is 39.8 Å². The Bertz CT molecular complexity index is 1980. The monoisotopic (exact) mass is 980 g/mol. The van der Waals surface area contributed by atoms with Gasteiger partial charge < -0.3 is 79.5 Å². The van der Waals surface area contributed by atoms with Crippen LogP contribution in [0.1, 0.15) is 86.1 Å². The van der Waals surface area contributed by atoms with Crippen molar-refractivity contribution in [2.75, 3.05) is 6.54 Å². The number of carbonyl (C=O) groups excluding carboxylic acids is 8. The number of benzene rings is 1. The first-order valence-corrected chi connectivity index (χ1v) is 22.1. The molecule has 8 amide bonds. The Morgan fingerprint density at radius 1 is 0.507 bits per heavy atom. The van der Waals surface area contributed by atoms with E-state index in [1.165, 1.54) is 38.1 Å². The molecule has 0 radical (unpaired) electrons. The number of amides is 8. The van der Waals surface area contributed by atoms with Crippen LogP contribution in [0.2, 0.25) is 0 Å². The van der Waals surface area contributed by atoms with Crippen molar-refractivity contribution in [3.05, 3.63) is 29.8 Å². The van der Waals surface area contributed by atoms with E-state index in [4.69, 9.17) is 16.6 Å². The van der Waals surface area contributed by atoms with E-state index in [9.17, 15) is 73.2 Å². The van der Waals surface area contributed by atoms with E-state index in [0.717, 1.165) is 6.92 Å². The molecule has 0 aliphatic heterocycles. The number of nitrogens with two attached hydrogens (primary N) is 2. The molecule has 17 N–H and O–H groups in total. The van der Waals surface area contributed by atoms with Gasteiger partial charge in [-0.25, -0.2) is 4.79 Å². The van der Waals surface area contributed by atoms with Crippen LogP contribution in [0, 0.1) is 11.8 Å². The van der Waals surface area contributed by atoms with Crippen molar-refractivity contribution >= 4 is 65.2 Å². The van der Waals surface area contributed by atoms with Gasteiger partial charge in [0.15, 0.2) is 0 Å². The number of aliphatic hydroxyl groups excluding tert-OH is 1. The number of aromatic hydroxyl groups is 1. The summed E-state index contributed by atoms with van der Waals surface area (Å²) in [6, 6.07) is -8.06. The number of unbranched alkanes of at least 4 members (excludes halogenated alkanes) is 1. The smallest absolute Gasteiger partial charge is 0.326 e. The lowest BCUT2D eigenvalue weighted by molar-refractivity contribution is -0.144. The third kappa shape index (κ3) is 21.3. The van der Waals surface area contributed by atoms with E-state index >= 15 is 0 Å². The Morgan fingerprint density at radius 3 is 1.43 bits per heavy atom. The number of hydrogen-bond donors (Lipinski definition) is 15. The summed E-state index contributed by atoms with van der Waals surface area (Å²) in [4.78, 5) is 141. The number of phenols is 1. The molecule has 0 bridgehead atoms. The van der Waals surface area contributed by atoms with Crippen molar-refractivity contribution in [1.29, 1.82) is 0 Å². The molecule has 0 fully saturated rings. The lowest BCUT2D eigenvalue weighted by Gasteiger charge is -2.29. The average Bonchev–Trinajstić information content (AvgIpc) is 3.24. The van der Waals surface area contributed by atoms with E-state index < -0.39 is 150 Å². The Labute approximate surface area is 398 Å². The predicted molar refractivity (Wildman–Crippen MR) is 243 cm³/mol. The van der Waals surface area contributed by atoms with E-state index in [0.29, 0.717) is 12.0 Å². The topological polar surface area (TPSA) is 437 Å². The normalized spacial score (nSPS) is 15.5. The molecule has 26 heteroatoms. The third-order valence-corrected chi connectivity index (χ3v) is 10.4. The Balaban J connectivity index is 3.39. The molecular formula is C43H68N10O16. The van der Waals surface area contributed by atoms with Crippen LogP contribution < -0.4 is 54.0 Å². The number of rotatable bonds is 30. The maximum atomic E-state index is 14.0. The molecule has 0 saturated carbocycles. The molecule has 1 rings (SSSR count). The molecule has 1 aromatic carbocycles. The van der Waals surface area contributed by atoms with Crippen LogP contribution in [0.15, 0.2) is 24.3 Å². The van der Waals surface area contributed by atoms with Gasteiger partial charge in [0.2, 0.25) is 47.3 Å². The molecule has 1 aromatic rings. The van der Waals surface area contributed by atoms with Crippen LogP contribution in [0.25, 0.3) is 0 Å². The standard InChI is InChI=1S/C43H68N10O16/c1-19(2)32(41(66)53-34(23(7)54)42(67)52-33(20(3)4)43(68)69)51-36(61)22(6)47-39(64)28(16-24-11-13-25(55)14-12-24)50-38(63)27(10-8-9-15-44)48-40(65)29(18-31(58)59)49-35(60)21(5)46-37(62)26(45)17-30(56)57/h11-14,19-23,26-29,32-34,54-55H,8-10,15-18,44-45H2,1-7H3,(H,46,62)(H,47,64)(H,48,65)(H,49,60)(H,50,63)(H,51,61)(H,52,67)(H,53,66)(H,56,57)(H,58,59)(H,68,69)/t21-,22-,23+,26-,27-,28-,29-,32-,33-,34-/m0/s1. The van der Waals surface area contributed by atoms with Crippen LogP contribution in [0.5, 0.6) is 5.75 Å². The second kappa shape index (κ2) is 29.1. The highest BCUT2D eigenvalue weighted by atomic mass is 16.4. The molecule has 0 aromatic heterocycles. The number of nitrogens with one attached hydrogen (secondary N) is 8. The molecule has 0 aliphatic carbocycles. The van der Waals surface area contributed by atoms with Crippen molar-refractivity contribution in [2.24, 2.45) is 23.3 Å². The molecule has 0 saturated heterocycles. The average molecular weight is 981 g/mol. The number of aliphatic carboxylic acids is 3. The molecule has 0 aliphatic rings. The Kier molecular flexibility index (Phi) is 25.3. The number of carboxylic acid groups (broad SMARTS) is 3. The lowest BCUT2D eigenvalue weighted by atomic mass is 10.0.